The fourth-order valence-electron chi connectivity index (χ4n) is 7.62. The van der Waals surface area contributed by atoms with E-state index in [-0.39, 0.29) is 31.1 Å². The molecule has 0 amide bonds. The molecular formula is C62H104O6. The van der Waals surface area contributed by atoms with Crippen LogP contribution < -0.4 is 0 Å². The summed E-state index contributed by atoms with van der Waals surface area (Å²) in [6, 6.07) is 0. The van der Waals surface area contributed by atoms with E-state index in [1.54, 1.807) is 0 Å². The van der Waals surface area contributed by atoms with Crippen LogP contribution in [0.1, 0.15) is 258 Å². The molecule has 0 aromatic carbocycles. The minimum Gasteiger partial charge on any atom is -0.462 e. The summed E-state index contributed by atoms with van der Waals surface area (Å²) in [5, 5.41) is 0. The van der Waals surface area contributed by atoms with Gasteiger partial charge in [0.1, 0.15) is 13.2 Å². The Labute approximate surface area is 419 Å². The van der Waals surface area contributed by atoms with Crippen LogP contribution in [0.3, 0.4) is 0 Å². The Hall–Kier alpha value is -3.67. The highest BCUT2D eigenvalue weighted by Gasteiger charge is 2.19. The largest absolute Gasteiger partial charge is 0.462 e. The van der Waals surface area contributed by atoms with Gasteiger partial charge >= 0.3 is 17.9 Å². The SMILES string of the molecule is CC/C=C\C/C=C\C/C=C\C/C=C\CCCCCCCCCCC(=O)OCC(COC(=O)CCCCCCC/C=C\CCCCC)OC(=O)CCCCCCCCC/C=C\C/C=C\C/C=C\CC. The Balaban J connectivity index is 4.38. The highest BCUT2D eigenvalue weighted by Crippen LogP contribution is 2.15. The van der Waals surface area contributed by atoms with Crippen molar-refractivity contribution in [3.8, 4) is 0 Å². The van der Waals surface area contributed by atoms with Gasteiger partial charge in [-0.3, -0.25) is 14.4 Å². The Kier molecular flexibility index (Phi) is 52.9. The normalized spacial score (nSPS) is 12.8. The zero-order valence-corrected chi connectivity index (χ0v) is 44.3. The minimum absolute atomic E-state index is 0.0889. The van der Waals surface area contributed by atoms with Gasteiger partial charge in [-0.2, -0.15) is 0 Å². The first-order valence-corrected chi connectivity index (χ1v) is 28.2. The molecule has 0 heterocycles. The molecule has 0 aliphatic carbocycles. The summed E-state index contributed by atoms with van der Waals surface area (Å²) >= 11 is 0. The molecule has 0 aliphatic heterocycles. The van der Waals surface area contributed by atoms with Gasteiger partial charge in [0.25, 0.3) is 0 Å². The summed E-state index contributed by atoms with van der Waals surface area (Å²) in [4.78, 5) is 38.1. The van der Waals surface area contributed by atoms with Crippen molar-refractivity contribution in [3.05, 3.63) is 97.2 Å². The van der Waals surface area contributed by atoms with Gasteiger partial charge in [0, 0.05) is 19.3 Å². The Morgan fingerprint density at radius 2 is 0.574 bits per heavy atom. The molecule has 6 heteroatoms. The van der Waals surface area contributed by atoms with Gasteiger partial charge < -0.3 is 14.2 Å². The Bertz CT molecular complexity index is 1360. The van der Waals surface area contributed by atoms with Gasteiger partial charge in [0.2, 0.25) is 0 Å². The van der Waals surface area contributed by atoms with Crippen molar-refractivity contribution in [2.75, 3.05) is 13.2 Å². The summed E-state index contributed by atoms with van der Waals surface area (Å²) in [6.07, 6.45) is 73.9. The van der Waals surface area contributed by atoms with E-state index in [9.17, 15) is 14.4 Å². The van der Waals surface area contributed by atoms with Crippen molar-refractivity contribution in [1.82, 2.24) is 0 Å². The van der Waals surface area contributed by atoms with Crippen molar-refractivity contribution in [2.24, 2.45) is 0 Å². The lowest BCUT2D eigenvalue weighted by molar-refractivity contribution is -0.167. The number of hydrogen-bond acceptors (Lipinski definition) is 6. The summed E-state index contributed by atoms with van der Waals surface area (Å²) in [6.45, 7) is 6.37. The first kappa shape index (κ1) is 64.3. The van der Waals surface area contributed by atoms with Gasteiger partial charge in [-0.05, 0) is 116 Å². The third kappa shape index (κ3) is 53.3. The Morgan fingerprint density at radius 3 is 0.912 bits per heavy atom. The van der Waals surface area contributed by atoms with Gasteiger partial charge in [-0.1, -0.05) is 221 Å². The molecule has 6 nitrogen and oxygen atoms in total. The number of unbranched alkanes of at least 4 members (excludes halogenated alkanes) is 23. The van der Waals surface area contributed by atoms with Crippen molar-refractivity contribution < 1.29 is 28.6 Å². The highest BCUT2D eigenvalue weighted by atomic mass is 16.6. The van der Waals surface area contributed by atoms with Crippen molar-refractivity contribution in [1.29, 1.82) is 0 Å². The number of hydrogen-bond donors (Lipinski definition) is 0. The molecule has 0 aliphatic rings. The lowest BCUT2D eigenvalue weighted by Crippen LogP contribution is -2.30. The van der Waals surface area contributed by atoms with E-state index in [4.69, 9.17) is 14.2 Å². The van der Waals surface area contributed by atoms with E-state index < -0.39 is 6.10 Å². The lowest BCUT2D eigenvalue weighted by Gasteiger charge is -2.18. The maximum absolute atomic E-state index is 12.8. The van der Waals surface area contributed by atoms with Crippen LogP contribution >= 0.6 is 0 Å². The van der Waals surface area contributed by atoms with Crippen LogP contribution in [-0.2, 0) is 28.6 Å². The standard InChI is InChI=1S/C62H104O6/c1-4-7-10-13-16-19-22-25-27-29-30-31-32-34-35-37-40-43-46-49-52-55-61(64)67-58-59(57-66-60(63)54-51-48-45-42-39-24-21-18-15-12-9-6-3)68-62(65)56-53-50-47-44-41-38-36-33-28-26-23-20-17-14-11-8-5-2/h7-8,10-11,16-21,25-28,30-31,59H,4-6,9,12-15,22-24,29,32-58H2,1-3H3/b10-7-,11-8-,19-16-,20-17-,21-18-,27-25-,28-26-,31-30-. The summed E-state index contributed by atoms with van der Waals surface area (Å²) in [5.74, 6) is -0.913. The molecule has 68 heavy (non-hydrogen) atoms. The molecule has 1 atom stereocenters. The fraction of sp³-hybridized carbons (Fsp3) is 0.694. The molecule has 1 unspecified atom stereocenters. The molecule has 0 saturated carbocycles. The summed E-state index contributed by atoms with van der Waals surface area (Å²) in [7, 11) is 0. The number of esters is 3. The fourth-order valence-corrected chi connectivity index (χ4v) is 7.62. The van der Waals surface area contributed by atoms with Crippen LogP contribution in [-0.4, -0.2) is 37.2 Å². The molecule has 0 rings (SSSR count). The van der Waals surface area contributed by atoms with Gasteiger partial charge in [-0.15, -0.1) is 0 Å². The molecule has 0 fully saturated rings. The van der Waals surface area contributed by atoms with Crippen LogP contribution in [0.5, 0.6) is 0 Å². The molecule has 388 valence electrons. The van der Waals surface area contributed by atoms with E-state index >= 15 is 0 Å². The Morgan fingerprint density at radius 1 is 0.309 bits per heavy atom. The van der Waals surface area contributed by atoms with E-state index in [0.29, 0.717) is 19.3 Å². The molecular weight excluding hydrogens is 841 g/mol. The maximum atomic E-state index is 12.8. The molecule has 0 bridgehead atoms. The maximum Gasteiger partial charge on any atom is 0.306 e. The van der Waals surface area contributed by atoms with Crippen molar-refractivity contribution >= 4 is 17.9 Å². The molecule has 0 saturated heterocycles. The average Bonchev–Trinajstić information content (AvgIpc) is 3.34. The number of carbonyl (C=O) groups is 3. The second-order valence-electron chi connectivity index (χ2n) is 18.4. The molecule has 0 spiro atoms. The second-order valence-corrected chi connectivity index (χ2v) is 18.4. The zero-order chi connectivity index (χ0) is 49.3. The number of rotatable bonds is 50. The highest BCUT2D eigenvalue weighted by molar-refractivity contribution is 5.71. The molecule has 0 aromatic heterocycles. The second kappa shape index (κ2) is 55.9. The van der Waals surface area contributed by atoms with Crippen LogP contribution in [0.25, 0.3) is 0 Å². The van der Waals surface area contributed by atoms with E-state index in [0.717, 1.165) is 122 Å². The summed E-state index contributed by atoms with van der Waals surface area (Å²) < 4.78 is 16.8. The number of ether oxygens (including phenoxy) is 3. The molecule has 0 N–H and O–H groups in total. The van der Waals surface area contributed by atoms with E-state index in [1.165, 1.54) is 96.3 Å². The van der Waals surface area contributed by atoms with E-state index in [2.05, 4.69) is 118 Å². The van der Waals surface area contributed by atoms with Crippen LogP contribution in [0, 0.1) is 0 Å². The van der Waals surface area contributed by atoms with Gasteiger partial charge in [-0.25, -0.2) is 0 Å². The predicted octanol–water partition coefficient (Wildman–Crippen LogP) is 18.9. The molecule has 0 radical (unpaired) electrons. The first-order chi connectivity index (χ1) is 33.5. The first-order valence-electron chi connectivity index (χ1n) is 28.2. The van der Waals surface area contributed by atoms with Gasteiger partial charge in [0.05, 0.1) is 0 Å². The van der Waals surface area contributed by atoms with Gasteiger partial charge in [0.15, 0.2) is 6.10 Å². The van der Waals surface area contributed by atoms with Crippen LogP contribution in [0.2, 0.25) is 0 Å². The molecule has 0 aromatic rings. The number of allylic oxidation sites excluding steroid dienone is 16. The zero-order valence-electron chi connectivity index (χ0n) is 44.3. The monoisotopic (exact) mass is 945 g/mol. The average molecular weight is 946 g/mol. The summed E-state index contributed by atoms with van der Waals surface area (Å²) in [5.41, 5.74) is 0. The lowest BCUT2D eigenvalue weighted by atomic mass is 10.1. The van der Waals surface area contributed by atoms with Crippen molar-refractivity contribution in [3.63, 3.8) is 0 Å². The minimum atomic E-state index is -0.790. The predicted molar refractivity (Wildman–Crippen MR) is 293 cm³/mol. The van der Waals surface area contributed by atoms with Crippen LogP contribution in [0.4, 0.5) is 0 Å². The quantitative estimate of drug-likeness (QED) is 0.0262. The third-order valence-electron chi connectivity index (χ3n) is 11.8. The topological polar surface area (TPSA) is 78.9 Å². The van der Waals surface area contributed by atoms with Crippen molar-refractivity contribution in [2.45, 2.75) is 264 Å². The van der Waals surface area contributed by atoms with Crippen LogP contribution in [0.15, 0.2) is 97.2 Å². The van der Waals surface area contributed by atoms with E-state index in [1.807, 2.05) is 0 Å². The smallest absolute Gasteiger partial charge is 0.306 e. The number of carbonyl (C=O) groups excluding carboxylic acids is 3. The third-order valence-corrected chi connectivity index (χ3v) is 11.8.